The highest BCUT2D eigenvalue weighted by Gasteiger charge is 2.17. The van der Waals surface area contributed by atoms with Gasteiger partial charge in [-0.15, -0.1) is 0 Å². The molecule has 1 heterocycles. The van der Waals surface area contributed by atoms with Crippen molar-refractivity contribution in [1.82, 2.24) is 4.57 Å². The van der Waals surface area contributed by atoms with Crippen LogP contribution in [0.3, 0.4) is 0 Å². The highest BCUT2D eigenvalue weighted by atomic mass is 35.5. The van der Waals surface area contributed by atoms with E-state index in [1.807, 2.05) is 18.2 Å². The summed E-state index contributed by atoms with van der Waals surface area (Å²) in [5, 5.41) is 0.565. The largest absolute Gasteiger partial charge is 0.481 e. The van der Waals surface area contributed by atoms with Crippen molar-refractivity contribution < 1.29 is 19.1 Å². The molecule has 0 aliphatic rings. The third-order valence-electron chi connectivity index (χ3n) is 3.85. The maximum Gasteiger partial charge on any atom is 0.326 e. The molecule has 0 aliphatic carbocycles. The van der Waals surface area contributed by atoms with Crippen LogP contribution in [0.25, 0.3) is 10.2 Å². The van der Waals surface area contributed by atoms with Crippen molar-refractivity contribution in [2.75, 3.05) is 6.61 Å². The van der Waals surface area contributed by atoms with Crippen LogP contribution in [-0.2, 0) is 20.9 Å². The van der Waals surface area contributed by atoms with Gasteiger partial charge in [0.05, 0.1) is 16.8 Å². The number of nitrogens with zero attached hydrogens (tertiary/aromatic N) is 2. The third kappa shape index (κ3) is 4.79. The zero-order valence-corrected chi connectivity index (χ0v) is 17.0. The maximum atomic E-state index is 12.6. The molecule has 3 rings (SSSR count). The number of benzene rings is 2. The molecule has 0 radical (unpaired) electrons. The number of rotatable bonds is 6. The van der Waals surface area contributed by atoms with Gasteiger partial charge < -0.3 is 14.0 Å². The lowest BCUT2D eigenvalue weighted by Gasteiger charge is -2.10. The standard InChI is InChI=1S/C20H19ClN2O4S/c1-3-26-18(24)12-23-16-10-9-14(21)11-17(16)28-20(23)22-19(25)13(2)27-15-7-5-4-6-8-15/h4-11,13H,3,12H2,1-2H3. The van der Waals surface area contributed by atoms with Gasteiger partial charge in [-0.05, 0) is 44.2 Å². The van der Waals surface area contributed by atoms with E-state index in [0.29, 0.717) is 15.6 Å². The second-order valence-corrected chi connectivity index (χ2v) is 7.36. The number of aromatic nitrogens is 1. The van der Waals surface area contributed by atoms with E-state index in [2.05, 4.69) is 4.99 Å². The average molecular weight is 419 g/mol. The molecule has 0 saturated carbocycles. The lowest BCUT2D eigenvalue weighted by Crippen LogP contribution is -2.27. The Morgan fingerprint density at radius 2 is 1.96 bits per heavy atom. The van der Waals surface area contributed by atoms with Crippen LogP contribution in [0.1, 0.15) is 13.8 Å². The maximum absolute atomic E-state index is 12.6. The Kier molecular flexibility index (Phi) is 6.49. The van der Waals surface area contributed by atoms with E-state index in [4.69, 9.17) is 21.1 Å². The van der Waals surface area contributed by atoms with E-state index in [1.165, 1.54) is 11.3 Å². The zero-order valence-electron chi connectivity index (χ0n) is 15.4. The van der Waals surface area contributed by atoms with Gasteiger partial charge in [0, 0.05) is 5.02 Å². The van der Waals surface area contributed by atoms with Gasteiger partial charge in [-0.2, -0.15) is 4.99 Å². The van der Waals surface area contributed by atoms with Gasteiger partial charge in [0.25, 0.3) is 5.91 Å². The molecule has 6 nitrogen and oxygen atoms in total. The van der Waals surface area contributed by atoms with Crippen molar-refractivity contribution in [3.63, 3.8) is 0 Å². The van der Waals surface area contributed by atoms with Crippen LogP contribution in [0.2, 0.25) is 5.02 Å². The van der Waals surface area contributed by atoms with Gasteiger partial charge >= 0.3 is 5.97 Å². The smallest absolute Gasteiger partial charge is 0.326 e. The minimum absolute atomic E-state index is 0.0461. The van der Waals surface area contributed by atoms with E-state index in [1.54, 1.807) is 48.7 Å². The highest BCUT2D eigenvalue weighted by Crippen LogP contribution is 2.22. The predicted octanol–water partition coefficient (Wildman–Crippen LogP) is 3.81. The molecule has 8 heteroatoms. The average Bonchev–Trinajstić information content (AvgIpc) is 2.98. The van der Waals surface area contributed by atoms with Crippen molar-refractivity contribution in [2.24, 2.45) is 4.99 Å². The van der Waals surface area contributed by atoms with Crippen molar-refractivity contribution in [3.05, 3.63) is 58.4 Å². The predicted molar refractivity (Wildman–Crippen MR) is 109 cm³/mol. The number of thiazole rings is 1. The number of hydrogen-bond acceptors (Lipinski definition) is 5. The summed E-state index contributed by atoms with van der Waals surface area (Å²) in [5.74, 6) is -0.264. The minimum atomic E-state index is -0.771. The summed E-state index contributed by atoms with van der Waals surface area (Å²) in [6, 6.07) is 14.4. The summed E-state index contributed by atoms with van der Waals surface area (Å²) in [4.78, 5) is 29.2. The first-order valence-electron chi connectivity index (χ1n) is 8.72. The molecule has 0 spiro atoms. The topological polar surface area (TPSA) is 69.9 Å². The van der Waals surface area contributed by atoms with Gasteiger partial charge in [-0.1, -0.05) is 41.1 Å². The van der Waals surface area contributed by atoms with Crippen LogP contribution in [0.15, 0.2) is 53.5 Å². The third-order valence-corrected chi connectivity index (χ3v) is 5.12. The van der Waals surface area contributed by atoms with E-state index < -0.39 is 18.0 Å². The molecule has 0 fully saturated rings. The van der Waals surface area contributed by atoms with Crippen LogP contribution in [0.5, 0.6) is 5.75 Å². The van der Waals surface area contributed by atoms with Gasteiger partial charge in [-0.3, -0.25) is 9.59 Å². The molecule has 0 bridgehead atoms. The molecular weight excluding hydrogens is 400 g/mol. The van der Waals surface area contributed by atoms with E-state index >= 15 is 0 Å². The minimum Gasteiger partial charge on any atom is -0.481 e. The Bertz CT molecular complexity index is 1060. The summed E-state index contributed by atoms with van der Waals surface area (Å²) in [6.45, 7) is 3.61. The first-order valence-corrected chi connectivity index (χ1v) is 9.92. The van der Waals surface area contributed by atoms with Crippen LogP contribution >= 0.6 is 22.9 Å². The Balaban J connectivity index is 1.95. The molecular formula is C20H19ClN2O4S. The van der Waals surface area contributed by atoms with Crippen molar-refractivity contribution in [3.8, 4) is 5.75 Å². The molecule has 0 saturated heterocycles. The van der Waals surface area contributed by atoms with Crippen LogP contribution in [-0.4, -0.2) is 29.2 Å². The lowest BCUT2D eigenvalue weighted by molar-refractivity contribution is -0.143. The van der Waals surface area contributed by atoms with Crippen molar-refractivity contribution in [1.29, 1.82) is 0 Å². The molecule has 1 amide bonds. The number of hydrogen-bond donors (Lipinski definition) is 0. The molecule has 3 aromatic rings. The van der Waals surface area contributed by atoms with Gasteiger partial charge in [-0.25, -0.2) is 0 Å². The summed E-state index contributed by atoms with van der Waals surface area (Å²) in [5.41, 5.74) is 0.755. The summed E-state index contributed by atoms with van der Waals surface area (Å²) < 4.78 is 13.2. The molecule has 1 atom stereocenters. The molecule has 1 unspecified atom stereocenters. The second kappa shape index (κ2) is 9.03. The van der Waals surface area contributed by atoms with E-state index in [-0.39, 0.29) is 13.2 Å². The first-order chi connectivity index (χ1) is 13.5. The molecule has 0 N–H and O–H groups in total. The summed E-state index contributed by atoms with van der Waals surface area (Å²) in [6.07, 6.45) is -0.771. The van der Waals surface area contributed by atoms with Gasteiger partial charge in [0.15, 0.2) is 10.9 Å². The Morgan fingerprint density at radius 1 is 1.21 bits per heavy atom. The number of amides is 1. The van der Waals surface area contributed by atoms with Crippen LogP contribution in [0, 0.1) is 0 Å². The first kappa shape index (κ1) is 20.1. The second-order valence-electron chi connectivity index (χ2n) is 5.91. The summed E-state index contributed by atoms with van der Waals surface area (Å²) in [7, 11) is 0. The number of carbonyl (C=O) groups excluding carboxylic acids is 2. The van der Waals surface area contributed by atoms with Crippen molar-refractivity contribution in [2.45, 2.75) is 26.5 Å². The molecule has 146 valence electrons. The molecule has 1 aromatic heterocycles. The van der Waals surface area contributed by atoms with E-state index in [9.17, 15) is 9.59 Å². The molecule has 28 heavy (non-hydrogen) atoms. The van der Waals surface area contributed by atoms with Crippen molar-refractivity contribution >= 4 is 45.0 Å². The zero-order chi connectivity index (χ0) is 20.1. The molecule has 0 aliphatic heterocycles. The van der Waals surface area contributed by atoms with E-state index in [0.717, 1.165) is 10.2 Å². The van der Waals surface area contributed by atoms with Crippen LogP contribution in [0.4, 0.5) is 0 Å². The molecule has 2 aromatic carbocycles. The number of carbonyl (C=O) groups is 2. The Morgan fingerprint density at radius 3 is 2.68 bits per heavy atom. The number of para-hydroxylation sites is 1. The summed E-state index contributed by atoms with van der Waals surface area (Å²) >= 11 is 7.35. The number of halogens is 1. The quantitative estimate of drug-likeness (QED) is 0.571. The number of ether oxygens (including phenoxy) is 2. The normalized spacial score (nSPS) is 12.8. The fourth-order valence-electron chi connectivity index (χ4n) is 2.56. The van der Waals surface area contributed by atoms with Crippen LogP contribution < -0.4 is 9.54 Å². The Labute approximate surface area is 171 Å². The highest BCUT2D eigenvalue weighted by molar-refractivity contribution is 7.16. The number of esters is 1. The fraction of sp³-hybridized carbons (Fsp3) is 0.250. The van der Waals surface area contributed by atoms with Gasteiger partial charge in [0.1, 0.15) is 12.3 Å². The monoisotopic (exact) mass is 418 g/mol. The van der Waals surface area contributed by atoms with Gasteiger partial charge in [0.2, 0.25) is 0 Å². The fourth-order valence-corrected chi connectivity index (χ4v) is 3.87. The number of fused-ring (bicyclic) bond motifs is 1. The SMILES string of the molecule is CCOC(=O)Cn1c(=NC(=O)C(C)Oc2ccccc2)sc2cc(Cl)ccc21. The Hall–Kier alpha value is -2.64. The lowest BCUT2D eigenvalue weighted by atomic mass is 10.3.